The molecule has 3 aliphatic heterocycles. The van der Waals surface area contributed by atoms with Crippen molar-refractivity contribution in [3.05, 3.63) is 82.1 Å². The number of ketones is 2. The summed E-state index contributed by atoms with van der Waals surface area (Å²) >= 11 is 1.33. The second kappa shape index (κ2) is 7.40. The number of fused-ring (bicyclic) bond motifs is 6. The zero-order valence-electron chi connectivity index (χ0n) is 18.6. The summed E-state index contributed by atoms with van der Waals surface area (Å²) < 4.78 is 5.39. The maximum Gasteiger partial charge on any atom is 0.238 e. The van der Waals surface area contributed by atoms with Crippen molar-refractivity contribution in [2.75, 3.05) is 17.3 Å². The highest BCUT2D eigenvalue weighted by Gasteiger charge is 2.69. The number of thiophene rings is 1. The lowest BCUT2D eigenvalue weighted by Crippen LogP contribution is -2.51. The first-order valence-corrected chi connectivity index (χ1v) is 12.0. The van der Waals surface area contributed by atoms with Crippen molar-refractivity contribution in [3.63, 3.8) is 0 Å². The number of carbonyl (C=O) groups is 3. The number of hydrogen-bond acceptors (Lipinski definition) is 6. The number of carbonyl (C=O) groups excluding carboxylic acids is 3. The molecular formula is C27H22N2O4S. The van der Waals surface area contributed by atoms with Crippen LogP contribution in [0, 0.1) is 5.92 Å². The number of rotatable bonds is 4. The molecule has 170 valence electrons. The Hall–Kier alpha value is -3.71. The first-order valence-electron chi connectivity index (χ1n) is 11.1. The number of hydrogen-bond donors (Lipinski definition) is 1. The van der Waals surface area contributed by atoms with Gasteiger partial charge in [0, 0.05) is 16.9 Å². The van der Waals surface area contributed by atoms with Crippen LogP contribution < -0.4 is 15.0 Å². The average Bonchev–Trinajstić information content (AvgIpc) is 3.55. The summed E-state index contributed by atoms with van der Waals surface area (Å²) in [5.74, 6) is -0.754. The molecule has 3 aromatic rings. The van der Waals surface area contributed by atoms with E-state index in [1.807, 2.05) is 71.0 Å². The molecule has 1 fully saturated rings. The molecule has 1 spiro atoms. The van der Waals surface area contributed by atoms with E-state index in [2.05, 4.69) is 5.32 Å². The molecule has 7 heteroatoms. The first-order chi connectivity index (χ1) is 16.5. The summed E-state index contributed by atoms with van der Waals surface area (Å²) in [7, 11) is 1.61. The second-order valence-corrected chi connectivity index (χ2v) is 9.83. The van der Waals surface area contributed by atoms with Gasteiger partial charge in [0.25, 0.3) is 0 Å². The molecule has 1 aromatic heterocycles. The van der Waals surface area contributed by atoms with E-state index in [0.29, 0.717) is 16.3 Å². The number of ether oxygens (including phenoxy) is 1. The molecule has 2 aromatic carbocycles. The molecule has 6 rings (SSSR count). The molecule has 4 heterocycles. The van der Waals surface area contributed by atoms with Gasteiger partial charge in [-0.05, 0) is 48.2 Å². The number of para-hydroxylation sites is 1. The van der Waals surface area contributed by atoms with E-state index < -0.39 is 23.4 Å². The largest absolute Gasteiger partial charge is 0.497 e. The number of nitrogens with zero attached hydrogens (tertiary/aromatic N) is 1. The third-order valence-corrected chi connectivity index (χ3v) is 8.19. The predicted molar refractivity (Wildman–Crippen MR) is 132 cm³/mol. The SMILES string of the molecule is COc1ccc2c(c1)C=CC1N2[C@H](C(C)=O)[C@H](C(=O)c2cccs2)[C@@]12C(=O)Nc1ccccc12. The molecule has 3 aliphatic rings. The summed E-state index contributed by atoms with van der Waals surface area (Å²) in [4.78, 5) is 43.9. The molecule has 1 saturated heterocycles. The van der Waals surface area contributed by atoms with E-state index in [1.165, 1.54) is 18.3 Å². The normalized spacial score (nSPS) is 26.1. The van der Waals surface area contributed by atoms with Crippen molar-refractivity contribution in [1.29, 1.82) is 0 Å². The van der Waals surface area contributed by atoms with Crippen LogP contribution in [-0.2, 0) is 15.0 Å². The Bertz CT molecular complexity index is 1380. The van der Waals surface area contributed by atoms with Gasteiger partial charge in [0.1, 0.15) is 11.2 Å². The van der Waals surface area contributed by atoms with Gasteiger partial charge in [-0.1, -0.05) is 36.4 Å². The van der Waals surface area contributed by atoms with Gasteiger partial charge in [0.05, 0.1) is 30.0 Å². The van der Waals surface area contributed by atoms with E-state index in [4.69, 9.17) is 4.74 Å². The van der Waals surface area contributed by atoms with Crippen LogP contribution in [0.1, 0.15) is 27.7 Å². The summed E-state index contributed by atoms with van der Waals surface area (Å²) in [5.41, 5.74) is 1.91. The van der Waals surface area contributed by atoms with Gasteiger partial charge in [-0.25, -0.2) is 0 Å². The molecule has 0 bridgehead atoms. The minimum absolute atomic E-state index is 0.147. The Balaban J connectivity index is 1.65. The minimum atomic E-state index is -1.23. The van der Waals surface area contributed by atoms with Crippen molar-refractivity contribution in [3.8, 4) is 5.75 Å². The summed E-state index contributed by atoms with van der Waals surface area (Å²) in [6.45, 7) is 1.51. The van der Waals surface area contributed by atoms with E-state index in [1.54, 1.807) is 13.2 Å². The lowest BCUT2D eigenvalue weighted by molar-refractivity contribution is -0.122. The van der Waals surface area contributed by atoms with Crippen LogP contribution in [0.15, 0.2) is 66.1 Å². The Labute approximate surface area is 200 Å². The summed E-state index contributed by atoms with van der Waals surface area (Å²) in [6.07, 6.45) is 3.92. The molecule has 1 amide bonds. The Kier molecular flexibility index (Phi) is 4.54. The fraction of sp³-hybridized carbons (Fsp3) is 0.222. The molecule has 0 saturated carbocycles. The van der Waals surface area contributed by atoms with Gasteiger partial charge in [0.15, 0.2) is 11.6 Å². The van der Waals surface area contributed by atoms with Gasteiger partial charge < -0.3 is 15.0 Å². The van der Waals surface area contributed by atoms with Crippen molar-refractivity contribution in [2.24, 2.45) is 5.92 Å². The van der Waals surface area contributed by atoms with Crippen LogP contribution in [0.4, 0.5) is 11.4 Å². The number of methoxy groups -OCH3 is 1. The Morgan fingerprint density at radius 2 is 1.94 bits per heavy atom. The topological polar surface area (TPSA) is 75.7 Å². The number of benzene rings is 2. The van der Waals surface area contributed by atoms with Crippen LogP contribution in [-0.4, -0.2) is 36.7 Å². The number of nitrogens with one attached hydrogen (secondary N) is 1. The zero-order chi connectivity index (χ0) is 23.6. The quantitative estimate of drug-likeness (QED) is 0.575. The lowest BCUT2D eigenvalue weighted by atomic mass is 9.65. The molecule has 0 radical (unpaired) electrons. The maximum absolute atomic E-state index is 14.1. The van der Waals surface area contributed by atoms with Crippen molar-refractivity contribution >= 4 is 46.3 Å². The molecule has 0 aliphatic carbocycles. The Morgan fingerprint density at radius 3 is 2.68 bits per heavy atom. The average molecular weight is 471 g/mol. The molecular weight excluding hydrogens is 448 g/mol. The van der Waals surface area contributed by atoms with Gasteiger partial charge >= 0.3 is 0 Å². The summed E-state index contributed by atoms with van der Waals surface area (Å²) in [5, 5.41) is 4.86. The molecule has 4 atom stereocenters. The fourth-order valence-corrected chi connectivity index (χ4v) is 6.71. The molecule has 6 nitrogen and oxygen atoms in total. The highest BCUT2D eigenvalue weighted by Crippen LogP contribution is 2.58. The Morgan fingerprint density at radius 1 is 1.12 bits per heavy atom. The highest BCUT2D eigenvalue weighted by atomic mass is 32.1. The third-order valence-electron chi connectivity index (χ3n) is 7.30. The third kappa shape index (κ3) is 2.58. The number of amides is 1. The van der Waals surface area contributed by atoms with Gasteiger partial charge in [-0.15, -0.1) is 11.3 Å². The minimum Gasteiger partial charge on any atom is -0.497 e. The van der Waals surface area contributed by atoms with Gasteiger partial charge in [-0.3, -0.25) is 14.4 Å². The first kappa shape index (κ1) is 20.9. The molecule has 34 heavy (non-hydrogen) atoms. The monoisotopic (exact) mass is 470 g/mol. The van der Waals surface area contributed by atoms with Crippen LogP contribution in [0.2, 0.25) is 0 Å². The number of anilines is 2. The number of Topliss-reactive ketones (excluding diaryl/α,β-unsaturated/α-hetero) is 2. The van der Waals surface area contributed by atoms with Crippen molar-refractivity contribution in [1.82, 2.24) is 0 Å². The van der Waals surface area contributed by atoms with Crippen LogP contribution >= 0.6 is 11.3 Å². The van der Waals surface area contributed by atoms with Gasteiger partial charge in [-0.2, -0.15) is 0 Å². The smallest absolute Gasteiger partial charge is 0.238 e. The standard InChI is InChI=1S/C27H22N2O4S/c1-15(30)24-23(25(31)21-8-5-13-34-21)27(18-6-3-4-7-19(18)28-26(27)32)22-12-9-16-14-17(33-2)10-11-20(16)29(22)24/h3-14,22-24H,1-2H3,(H,28,32)/t22?,23-,24-,27+/m1/s1. The van der Waals surface area contributed by atoms with Crippen LogP contribution in [0.5, 0.6) is 5.75 Å². The van der Waals surface area contributed by atoms with Crippen LogP contribution in [0.3, 0.4) is 0 Å². The van der Waals surface area contributed by atoms with E-state index in [9.17, 15) is 14.4 Å². The fourth-order valence-electron chi connectivity index (χ4n) is 6.01. The van der Waals surface area contributed by atoms with Crippen molar-refractivity contribution in [2.45, 2.75) is 24.4 Å². The second-order valence-electron chi connectivity index (χ2n) is 8.88. The van der Waals surface area contributed by atoms with E-state index >= 15 is 0 Å². The van der Waals surface area contributed by atoms with Gasteiger partial charge in [0.2, 0.25) is 5.91 Å². The predicted octanol–water partition coefficient (Wildman–Crippen LogP) is 4.32. The maximum atomic E-state index is 14.1. The van der Waals surface area contributed by atoms with E-state index in [0.717, 1.165) is 16.8 Å². The zero-order valence-corrected chi connectivity index (χ0v) is 19.5. The summed E-state index contributed by atoms with van der Waals surface area (Å²) in [6, 6.07) is 15.4. The lowest BCUT2D eigenvalue weighted by Gasteiger charge is -2.37. The molecule has 1 unspecified atom stereocenters. The van der Waals surface area contributed by atoms with E-state index in [-0.39, 0.29) is 17.5 Å². The molecule has 1 N–H and O–H groups in total. The van der Waals surface area contributed by atoms with Crippen molar-refractivity contribution < 1.29 is 19.1 Å². The van der Waals surface area contributed by atoms with Crippen LogP contribution in [0.25, 0.3) is 6.08 Å². The highest BCUT2D eigenvalue weighted by molar-refractivity contribution is 7.12.